The molecule has 0 spiro atoms. The van der Waals surface area contributed by atoms with Crippen molar-refractivity contribution < 1.29 is 33.2 Å². The Kier molecular flexibility index (Phi) is 4.63. The largest absolute Gasteiger partial charge is 0.493 e. The maximum Gasteiger partial charge on any atom is 0.266 e. The van der Waals surface area contributed by atoms with Gasteiger partial charge >= 0.3 is 0 Å². The van der Waals surface area contributed by atoms with Crippen molar-refractivity contribution >= 4 is 5.78 Å². The standard InChI is InChI=1S/C22H26O7/c1-6-8-21-9-7-15(23)12-18(21)29-22(26-5,20(21,2)25-4)14-10-16(24-3)19-17(11-14)27-13-28-19/h6,10-12H,1,7-9,13H2,2-5H3. The molecule has 0 amide bonds. The minimum Gasteiger partial charge on any atom is -0.493 e. The van der Waals surface area contributed by atoms with Crippen molar-refractivity contribution in [3.63, 3.8) is 0 Å². The fourth-order valence-corrected chi connectivity index (χ4v) is 4.97. The van der Waals surface area contributed by atoms with Gasteiger partial charge in [0.25, 0.3) is 5.79 Å². The maximum atomic E-state index is 12.2. The molecule has 7 nitrogen and oxygen atoms in total. The van der Waals surface area contributed by atoms with E-state index in [1.165, 1.54) is 0 Å². The second-order valence-corrected chi connectivity index (χ2v) is 7.62. The van der Waals surface area contributed by atoms with Crippen molar-refractivity contribution in [2.24, 2.45) is 5.41 Å². The first-order chi connectivity index (χ1) is 13.9. The van der Waals surface area contributed by atoms with Gasteiger partial charge in [-0.05, 0) is 31.9 Å². The normalized spacial score (nSPS) is 32.4. The van der Waals surface area contributed by atoms with E-state index in [0.717, 1.165) is 0 Å². The number of hydrogen-bond donors (Lipinski definition) is 0. The second kappa shape index (κ2) is 6.78. The van der Waals surface area contributed by atoms with Crippen molar-refractivity contribution in [3.8, 4) is 17.2 Å². The van der Waals surface area contributed by atoms with Gasteiger partial charge in [0.2, 0.25) is 12.5 Å². The van der Waals surface area contributed by atoms with Gasteiger partial charge in [0.05, 0.1) is 12.5 Å². The van der Waals surface area contributed by atoms with Gasteiger partial charge in [-0.3, -0.25) is 4.79 Å². The van der Waals surface area contributed by atoms with Gasteiger partial charge in [0.1, 0.15) is 11.4 Å². The molecule has 0 saturated carbocycles. The van der Waals surface area contributed by atoms with Crippen molar-refractivity contribution in [2.45, 2.75) is 37.6 Å². The first-order valence-corrected chi connectivity index (χ1v) is 9.54. The Hall–Kier alpha value is -2.51. The molecule has 0 N–H and O–H groups in total. The quantitative estimate of drug-likeness (QED) is 0.675. The summed E-state index contributed by atoms with van der Waals surface area (Å²) in [6.45, 7) is 5.99. The average Bonchev–Trinajstić information content (AvgIpc) is 3.28. The Morgan fingerprint density at radius 2 is 2.00 bits per heavy atom. The minimum absolute atomic E-state index is 0.0216. The van der Waals surface area contributed by atoms with Gasteiger partial charge in [0, 0.05) is 32.3 Å². The SMILES string of the molecule is C=CCC12CCC(=O)C=C1OC(OC)(c1cc(OC)c3c(c1)OCO3)C2(C)OC. The highest BCUT2D eigenvalue weighted by atomic mass is 16.7. The highest BCUT2D eigenvalue weighted by molar-refractivity contribution is 5.91. The second-order valence-electron chi connectivity index (χ2n) is 7.62. The Morgan fingerprint density at radius 1 is 1.21 bits per heavy atom. The fraction of sp³-hybridized carbons (Fsp3) is 0.500. The van der Waals surface area contributed by atoms with Crippen LogP contribution in [-0.4, -0.2) is 39.5 Å². The van der Waals surface area contributed by atoms with Gasteiger partial charge in [-0.1, -0.05) is 6.08 Å². The molecular weight excluding hydrogens is 376 g/mol. The summed E-state index contributed by atoms with van der Waals surface area (Å²) in [7, 11) is 4.76. The van der Waals surface area contributed by atoms with E-state index in [-0.39, 0.29) is 12.6 Å². The van der Waals surface area contributed by atoms with E-state index in [1.54, 1.807) is 33.5 Å². The Labute approximate surface area is 170 Å². The summed E-state index contributed by atoms with van der Waals surface area (Å²) in [5.74, 6) is 0.814. The molecule has 0 bridgehead atoms. The average molecular weight is 402 g/mol. The smallest absolute Gasteiger partial charge is 0.266 e. The molecule has 1 aromatic rings. The molecule has 0 radical (unpaired) electrons. The van der Waals surface area contributed by atoms with Crippen LogP contribution < -0.4 is 14.2 Å². The molecule has 2 aliphatic heterocycles. The number of ether oxygens (including phenoxy) is 6. The number of hydrogen-bond acceptors (Lipinski definition) is 7. The van der Waals surface area contributed by atoms with Gasteiger partial charge < -0.3 is 28.4 Å². The van der Waals surface area contributed by atoms with Crippen LogP contribution in [0, 0.1) is 5.41 Å². The summed E-state index contributed by atoms with van der Waals surface area (Å²) in [4.78, 5) is 12.2. The molecule has 4 rings (SSSR count). The lowest BCUT2D eigenvalue weighted by Crippen LogP contribution is -2.57. The van der Waals surface area contributed by atoms with E-state index in [4.69, 9.17) is 28.4 Å². The summed E-state index contributed by atoms with van der Waals surface area (Å²) < 4.78 is 35.3. The molecule has 3 aliphatic rings. The fourth-order valence-electron chi connectivity index (χ4n) is 4.97. The van der Waals surface area contributed by atoms with E-state index in [2.05, 4.69) is 6.58 Å². The molecule has 2 heterocycles. The third-order valence-electron chi connectivity index (χ3n) is 6.58. The third kappa shape index (κ3) is 2.40. The maximum absolute atomic E-state index is 12.2. The predicted molar refractivity (Wildman–Crippen MR) is 104 cm³/mol. The first kappa shape index (κ1) is 19.8. The molecule has 156 valence electrons. The minimum atomic E-state index is -1.34. The number of fused-ring (bicyclic) bond motifs is 2. The Morgan fingerprint density at radius 3 is 2.66 bits per heavy atom. The van der Waals surface area contributed by atoms with Crippen molar-refractivity contribution in [3.05, 3.63) is 42.2 Å². The highest BCUT2D eigenvalue weighted by Gasteiger charge is 2.72. The van der Waals surface area contributed by atoms with Gasteiger partial charge in [-0.25, -0.2) is 0 Å². The highest BCUT2D eigenvalue weighted by Crippen LogP contribution is 2.66. The van der Waals surface area contributed by atoms with Crippen LogP contribution in [0.2, 0.25) is 0 Å². The lowest BCUT2D eigenvalue weighted by atomic mass is 9.62. The van der Waals surface area contributed by atoms with Crippen LogP contribution in [0.15, 0.2) is 36.6 Å². The molecule has 1 fully saturated rings. The summed E-state index contributed by atoms with van der Waals surface area (Å²) >= 11 is 0. The zero-order chi connectivity index (χ0) is 20.9. The number of carbonyl (C=O) groups is 1. The van der Waals surface area contributed by atoms with Crippen LogP contribution in [-0.2, 0) is 24.8 Å². The van der Waals surface area contributed by atoms with Crippen LogP contribution in [0.4, 0.5) is 0 Å². The van der Waals surface area contributed by atoms with Crippen LogP contribution in [0.5, 0.6) is 17.2 Å². The Bertz CT molecular complexity index is 891. The van der Waals surface area contributed by atoms with Gasteiger partial charge in [0.15, 0.2) is 17.3 Å². The zero-order valence-corrected chi connectivity index (χ0v) is 17.2. The van der Waals surface area contributed by atoms with E-state index in [1.807, 2.05) is 19.1 Å². The predicted octanol–water partition coefficient (Wildman–Crippen LogP) is 3.47. The number of benzene rings is 1. The van der Waals surface area contributed by atoms with Crippen LogP contribution in [0.3, 0.4) is 0 Å². The van der Waals surface area contributed by atoms with E-state index in [9.17, 15) is 4.79 Å². The van der Waals surface area contributed by atoms with Crippen molar-refractivity contribution in [1.29, 1.82) is 0 Å². The van der Waals surface area contributed by atoms with Crippen molar-refractivity contribution in [2.75, 3.05) is 28.1 Å². The van der Waals surface area contributed by atoms with Crippen LogP contribution in [0.25, 0.3) is 0 Å². The number of allylic oxidation sites excluding steroid dienone is 2. The number of carbonyl (C=O) groups excluding carboxylic acids is 1. The summed E-state index contributed by atoms with van der Waals surface area (Å²) in [5, 5.41) is 0. The van der Waals surface area contributed by atoms with E-state index in [0.29, 0.717) is 47.8 Å². The monoisotopic (exact) mass is 402 g/mol. The van der Waals surface area contributed by atoms with Gasteiger partial charge in [-0.2, -0.15) is 0 Å². The molecule has 1 aliphatic carbocycles. The van der Waals surface area contributed by atoms with Gasteiger partial charge in [-0.15, -0.1) is 6.58 Å². The molecule has 29 heavy (non-hydrogen) atoms. The van der Waals surface area contributed by atoms with Crippen molar-refractivity contribution in [1.82, 2.24) is 0 Å². The summed E-state index contributed by atoms with van der Waals surface area (Å²) in [5.41, 5.74) is -0.915. The molecule has 3 unspecified atom stereocenters. The third-order valence-corrected chi connectivity index (χ3v) is 6.58. The van der Waals surface area contributed by atoms with Crippen LogP contribution in [0.1, 0.15) is 31.7 Å². The molecular formula is C22H26O7. The lowest BCUT2D eigenvalue weighted by molar-refractivity contribution is -0.287. The zero-order valence-electron chi connectivity index (χ0n) is 17.2. The molecule has 0 aromatic heterocycles. The van der Waals surface area contributed by atoms with Crippen LogP contribution >= 0.6 is 0 Å². The first-order valence-electron chi connectivity index (χ1n) is 9.54. The number of rotatable bonds is 6. The molecule has 3 atom stereocenters. The number of ketones is 1. The number of methoxy groups -OCH3 is 3. The lowest BCUT2D eigenvalue weighted by Gasteiger charge is -2.47. The molecule has 7 heteroatoms. The Balaban J connectivity index is 1.97. The summed E-state index contributed by atoms with van der Waals surface area (Å²) in [6.07, 6.45) is 4.94. The topological polar surface area (TPSA) is 72.5 Å². The molecule has 1 saturated heterocycles. The summed E-state index contributed by atoms with van der Waals surface area (Å²) in [6, 6.07) is 3.61. The van der Waals surface area contributed by atoms with E-state index < -0.39 is 16.8 Å². The molecule has 1 aromatic carbocycles. The van der Waals surface area contributed by atoms with E-state index >= 15 is 0 Å².